The van der Waals surface area contributed by atoms with Crippen molar-refractivity contribution in [3.05, 3.63) is 72.2 Å². The smallest absolute Gasteiger partial charge is 0.224 e. The Labute approximate surface area is 166 Å². The third-order valence-electron chi connectivity index (χ3n) is 5.62. The van der Waals surface area contributed by atoms with Crippen molar-refractivity contribution in [3.8, 4) is 0 Å². The van der Waals surface area contributed by atoms with Gasteiger partial charge in [-0.1, -0.05) is 48.5 Å². The second-order valence-corrected chi connectivity index (χ2v) is 7.77. The maximum atomic E-state index is 12.6. The van der Waals surface area contributed by atoms with E-state index in [1.165, 1.54) is 5.56 Å². The van der Waals surface area contributed by atoms with Gasteiger partial charge in [0.25, 0.3) is 0 Å². The molecule has 0 bridgehead atoms. The molecule has 0 radical (unpaired) electrons. The van der Waals surface area contributed by atoms with Crippen molar-refractivity contribution in [2.75, 3.05) is 19.6 Å². The fourth-order valence-corrected chi connectivity index (χ4v) is 4.19. The number of piperidine rings is 1. The Balaban J connectivity index is 1.25. The maximum Gasteiger partial charge on any atom is 0.224 e. The van der Waals surface area contributed by atoms with Gasteiger partial charge in [-0.15, -0.1) is 0 Å². The van der Waals surface area contributed by atoms with E-state index in [0.717, 1.165) is 61.7 Å². The highest BCUT2D eigenvalue weighted by Gasteiger charge is 2.21. The summed E-state index contributed by atoms with van der Waals surface area (Å²) in [7, 11) is 0. The van der Waals surface area contributed by atoms with Crippen LogP contribution < -0.4 is 5.32 Å². The molecule has 28 heavy (non-hydrogen) atoms. The number of amides is 1. The molecule has 1 N–H and O–H groups in total. The van der Waals surface area contributed by atoms with E-state index >= 15 is 0 Å². The number of rotatable bonds is 7. The van der Waals surface area contributed by atoms with E-state index in [1.54, 1.807) is 12.5 Å². The molecule has 1 unspecified atom stereocenters. The number of nitrogens with zero attached hydrogens (tertiary/aromatic N) is 1. The molecular weight excluding hydrogens is 348 g/mol. The molecule has 1 aliphatic rings. The minimum Gasteiger partial charge on any atom is -0.471 e. The SMILES string of the molecule is O=C(Cc1cccc2cocc12)NC1CCCN(CCCc2ccccc2)C1. The van der Waals surface area contributed by atoms with Gasteiger partial charge in [-0.05, 0) is 49.9 Å². The van der Waals surface area contributed by atoms with Crippen LogP contribution in [0.3, 0.4) is 0 Å². The quantitative estimate of drug-likeness (QED) is 0.673. The van der Waals surface area contributed by atoms with E-state index in [0.29, 0.717) is 6.42 Å². The van der Waals surface area contributed by atoms with Crippen molar-refractivity contribution in [3.63, 3.8) is 0 Å². The van der Waals surface area contributed by atoms with Gasteiger partial charge in [-0.3, -0.25) is 4.79 Å². The molecule has 2 aromatic carbocycles. The lowest BCUT2D eigenvalue weighted by atomic mass is 10.0. The van der Waals surface area contributed by atoms with Crippen molar-refractivity contribution in [1.82, 2.24) is 10.2 Å². The van der Waals surface area contributed by atoms with Crippen LogP contribution in [0.25, 0.3) is 10.8 Å². The number of likely N-dealkylation sites (tertiary alicyclic amines) is 1. The highest BCUT2D eigenvalue weighted by molar-refractivity contribution is 5.89. The highest BCUT2D eigenvalue weighted by atomic mass is 16.3. The second-order valence-electron chi connectivity index (χ2n) is 7.77. The molecule has 4 rings (SSSR count). The van der Waals surface area contributed by atoms with E-state index in [1.807, 2.05) is 18.2 Å². The second kappa shape index (κ2) is 9.07. The number of hydrogen-bond acceptors (Lipinski definition) is 3. The minimum absolute atomic E-state index is 0.102. The Kier molecular flexibility index (Phi) is 6.07. The highest BCUT2D eigenvalue weighted by Crippen LogP contribution is 2.20. The Morgan fingerprint density at radius 1 is 1.11 bits per heavy atom. The summed E-state index contributed by atoms with van der Waals surface area (Å²) in [6.45, 7) is 3.18. The zero-order chi connectivity index (χ0) is 19.2. The van der Waals surface area contributed by atoms with Crippen LogP contribution in [0.4, 0.5) is 0 Å². The van der Waals surface area contributed by atoms with Gasteiger partial charge in [0.05, 0.1) is 18.9 Å². The number of fused-ring (bicyclic) bond motifs is 1. The molecule has 146 valence electrons. The first-order valence-electron chi connectivity index (χ1n) is 10.3. The predicted octanol–water partition coefficient (Wildman–Crippen LogP) is 4.19. The maximum absolute atomic E-state index is 12.6. The summed E-state index contributed by atoms with van der Waals surface area (Å²) < 4.78 is 5.28. The first-order chi connectivity index (χ1) is 13.8. The summed E-state index contributed by atoms with van der Waals surface area (Å²) in [5.41, 5.74) is 2.43. The van der Waals surface area contributed by atoms with Gasteiger partial charge in [0.2, 0.25) is 5.91 Å². The molecule has 1 saturated heterocycles. The van der Waals surface area contributed by atoms with Crippen molar-refractivity contribution >= 4 is 16.7 Å². The fraction of sp³-hybridized carbons (Fsp3) is 0.375. The summed E-state index contributed by atoms with van der Waals surface area (Å²) in [5.74, 6) is 0.102. The van der Waals surface area contributed by atoms with Crippen LogP contribution in [-0.4, -0.2) is 36.5 Å². The van der Waals surface area contributed by atoms with E-state index in [2.05, 4.69) is 40.5 Å². The van der Waals surface area contributed by atoms with Gasteiger partial charge in [-0.2, -0.15) is 0 Å². The lowest BCUT2D eigenvalue weighted by molar-refractivity contribution is -0.121. The van der Waals surface area contributed by atoms with Crippen LogP contribution in [-0.2, 0) is 17.6 Å². The van der Waals surface area contributed by atoms with Crippen molar-refractivity contribution in [2.45, 2.75) is 38.1 Å². The topological polar surface area (TPSA) is 45.5 Å². The lowest BCUT2D eigenvalue weighted by Gasteiger charge is -2.33. The number of furan rings is 1. The molecule has 1 fully saturated rings. The van der Waals surface area contributed by atoms with Crippen molar-refractivity contribution < 1.29 is 9.21 Å². The standard InChI is InChI=1S/C24H28N2O2/c27-24(15-20-10-4-11-21-17-28-18-23(20)21)25-22-12-6-14-26(16-22)13-5-9-19-7-2-1-3-8-19/h1-4,7-8,10-11,17-18,22H,5-6,9,12-16H2,(H,25,27). The summed E-state index contributed by atoms with van der Waals surface area (Å²) >= 11 is 0. The number of nitrogens with one attached hydrogen (secondary N) is 1. The molecule has 2 heterocycles. The molecule has 3 aromatic rings. The minimum atomic E-state index is 0.102. The Morgan fingerprint density at radius 3 is 2.89 bits per heavy atom. The molecule has 0 spiro atoms. The summed E-state index contributed by atoms with van der Waals surface area (Å²) in [4.78, 5) is 15.1. The van der Waals surface area contributed by atoms with Crippen LogP contribution in [0, 0.1) is 0 Å². The molecule has 0 saturated carbocycles. The zero-order valence-corrected chi connectivity index (χ0v) is 16.3. The van der Waals surface area contributed by atoms with Crippen LogP contribution in [0.1, 0.15) is 30.4 Å². The molecule has 1 amide bonds. The van der Waals surface area contributed by atoms with Gasteiger partial charge in [0.1, 0.15) is 0 Å². The van der Waals surface area contributed by atoms with Crippen LogP contribution in [0.15, 0.2) is 65.5 Å². The van der Waals surface area contributed by atoms with E-state index in [9.17, 15) is 4.79 Å². The van der Waals surface area contributed by atoms with E-state index in [-0.39, 0.29) is 11.9 Å². The number of carbonyl (C=O) groups excluding carboxylic acids is 1. The molecule has 1 aliphatic heterocycles. The normalized spacial score (nSPS) is 17.6. The van der Waals surface area contributed by atoms with Crippen LogP contribution in [0.5, 0.6) is 0 Å². The zero-order valence-electron chi connectivity index (χ0n) is 16.3. The third-order valence-corrected chi connectivity index (χ3v) is 5.62. The summed E-state index contributed by atoms with van der Waals surface area (Å²) in [5, 5.41) is 5.33. The first-order valence-corrected chi connectivity index (χ1v) is 10.3. The first kappa shape index (κ1) is 18.8. The average molecular weight is 377 g/mol. The Bertz CT molecular complexity index is 903. The molecule has 1 aromatic heterocycles. The monoisotopic (exact) mass is 376 g/mol. The number of benzene rings is 2. The summed E-state index contributed by atoms with van der Waals surface area (Å²) in [6.07, 6.45) is 8.35. The van der Waals surface area contributed by atoms with E-state index in [4.69, 9.17) is 4.42 Å². The van der Waals surface area contributed by atoms with Crippen molar-refractivity contribution in [1.29, 1.82) is 0 Å². The van der Waals surface area contributed by atoms with Crippen molar-refractivity contribution in [2.24, 2.45) is 0 Å². The third kappa shape index (κ3) is 4.82. The largest absolute Gasteiger partial charge is 0.471 e. The number of aryl methyl sites for hydroxylation is 1. The van der Waals surface area contributed by atoms with Crippen LogP contribution >= 0.6 is 0 Å². The lowest BCUT2D eigenvalue weighted by Crippen LogP contribution is -2.48. The van der Waals surface area contributed by atoms with Crippen LogP contribution in [0.2, 0.25) is 0 Å². The molecule has 4 heteroatoms. The Morgan fingerprint density at radius 2 is 2.00 bits per heavy atom. The Hall–Kier alpha value is -2.59. The molecule has 0 aliphatic carbocycles. The number of carbonyl (C=O) groups is 1. The average Bonchev–Trinajstić information content (AvgIpc) is 3.19. The van der Waals surface area contributed by atoms with Gasteiger partial charge < -0.3 is 14.6 Å². The van der Waals surface area contributed by atoms with Gasteiger partial charge in [0, 0.05) is 23.4 Å². The van der Waals surface area contributed by atoms with Gasteiger partial charge >= 0.3 is 0 Å². The van der Waals surface area contributed by atoms with Gasteiger partial charge in [-0.25, -0.2) is 0 Å². The van der Waals surface area contributed by atoms with E-state index < -0.39 is 0 Å². The van der Waals surface area contributed by atoms with Gasteiger partial charge in [0.15, 0.2) is 0 Å². The molecular formula is C24H28N2O2. The fourth-order valence-electron chi connectivity index (χ4n) is 4.19. The summed E-state index contributed by atoms with van der Waals surface area (Å²) in [6, 6.07) is 16.9. The molecule has 4 nitrogen and oxygen atoms in total. The number of hydrogen-bond donors (Lipinski definition) is 1. The predicted molar refractivity (Wildman–Crippen MR) is 112 cm³/mol. The molecule has 1 atom stereocenters.